The molecule has 2 heterocycles. The lowest BCUT2D eigenvalue weighted by atomic mass is 9.77. The van der Waals surface area contributed by atoms with Crippen LogP contribution in [-0.2, 0) is 4.79 Å². The summed E-state index contributed by atoms with van der Waals surface area (Å²) in [6.07, 6.45) is 7.99. The first-order valence-electron chi connectivity index (χ1n) is 4.27. The van der Waals surface area contributed by atoms with E-state index in [4.69, 9.17) is 12.2 Å². The van der Waals surface area contributed by atoms with Crippen LogP contribution in [-0.4, -0.2) is 28.9 Å². The van der Waals surface area contributed by atoms with Gasteiger partial charge in [0.15, 0.2) is 0 Å². The maximum Gasteiger partial charge on any atom is 0.298 e. The summed E-state index contributed by atoms with van der Waals surface area (Å²) in [5.41, 5.74) is 5.77. The highest BCUT2D eigenvalue weighted by atomic mass is 16.2. The molecule has 3 rings (SSSR count). The van der Waals surface area contributed by atoms with Crippen molar-refractivity contribution in [2.75, 3.05) is 0 Å². The smallest absolute Gasteiger partial charge is 0.298 e. The fourth-order valence-corrected chi connectivity index (χ4v) is 2.32. The molecule has 2 aliphatic heterocycles. The van der Waals surface area contributed by atoms with Gasteiger partial charge in [0, 0.05) is 18.1 Å². The van der Waals surface area contributed by atoms with Gasteiger partial charge in [-0.2, -0.15) is 0 Å². The van der Waals surface area contributed by atoms with Crippen LogP contribution in [0.2, 0.25) is 0 Å². The van der Waals surface area contributed by atoms with Crippen molar-refractivity contribution in [2.45, 2.75) is 37.4 Å². The van der Waals surface area contributed by atoms with E-state index in [0.717, 1.165) is 19.3 Å². The zero-order chi connectivity index (χ0) is 8.72. The molecule has 0 spiro atoms. The van der Waals surface area contributed by atoms with Crippen LogP contribution >= 0.6 is 0 Å². The largest absolute Gasteiger partial charge is 0.328 e. The number of nitrogens with zero attached hydrogens (tertiary/aromatic N) is 1. The van der Waals surface area contributed by atoms with Gasteiger partial charge in [0.1, 0.15) is 0 Å². The van der Waals surface area contributed by atoms with Crippen molar-refractivity contribution in [1.29, 1.82) is 0 Å². The number of carbonyl (C=O) groups excluding carboxylic acids is 1. The molecule has 3 heteroatoms. The molecule has 0 radical (unpaired) electrons. The number of carbonyl (C=O) groups is 1. The van der Waals surface area contributed by atoms with Gasteiger partial charge in [-0.05, 0) is 25.2 Å². The summed E-state index contributed by atoms with van der Waals surface area (Å²) >= 11 is 0. The van der Waals surface area contributed by atoms with Crippen molar-refractivity contribution in [3.8, 4) is 12.3 Å². The predicted octanol–water partition coefficient (Wildman–Crippen LogP) is -0.290. The average molecular weight is 164 g/mol. The van der Waals surface area contributed by atoms with E-state index >= 15 is 0 Å². The minimum atomic E-state index is -0.164. The van der Waals surface area contributed by atoms with Gasteiger partial charge < -0.3 is 10.6 Å². The zero-order valence-corrected chi connectivity index (χ0v) is 6.86. The Labute approximate surface area is 71.9 Å². The quantitative estimate of drug-likeness (QED) is 0.500. The molecule has 0 aromatic carbocycles. The van der Waals surface area contributed by atoms with Crippen molar-refractivity contribution >= 4 is 5.91 Å². The van der Waals surface area contributed by atoms with Gasteiger partial charge in [-0.3, -0.25) is 4.79 Å². The van der Waals surface area contributed by atoms with Crippen LogP contribution in [0.4, 0.5) is 0 Å². The van der Waals surface area contributed by atoms with E-state index in [2.05, 4.69) is 5.92 Å². The molecule has 2 N–H and O–H groups in total. The molecular weight excluding hydrogens is 152 g/mol. The number of nitrogens with two attached hydrogens (primary N) is 1. The number of fused-ring (bicyclic) bond motifs is 2. The molecule has 64 valence electrons. The third kappa shape index (κ3) is 0.919. The molecule has 2 unspecified atom stereocenters. The van der Waals surface area contributed by atoms with Crippen molar-refractivity contribution in [3.63, 3.8) is 0 Å². The molecule has 12 heavy (non-hydrogen) atoms. The lowest BCUT2D eigenvalue weighted by Gasteiger charge is -2.53. The van der Waals surface area contributed by atoms with Crippen molar-refractivity contribution in [3.05, 3.63) is 0 Å². The van der Waals surface area contributed by atoms with Gasteiger partial charge >= 0.3 is 0 Å². The second-order valence-corrected chi connectivity index (χ2v) is 3.63. The van der Waals surface area contributed by atoms with Gasteiger partial charge in [-0.25, -0.2) is 0 Å². The molecule has 2 saturated heterocycles. The highest BCUT2D eigenvalue weighted by Gasteiger charge is 2.46. The molecule has 1 amide bonds. The van der Waals surface area contributed by atoms with E-state index in [0.29, 0.717) is 12.1 Å². The van der Waals surface area contributed by atoms with Crippen LogP contribution < -0.4 is 5.73 Å². The summed E-state index contributed by atoms with van der Waals surface area (Å²) < 4.78 is 0. The summed E-state index contributed by atoms with van der Waals surface area (Å²) in [6.45, 7) is 0. The Morgan fingerprint density at radius 3 is 2.50 bits per heavy atom. The molecule has 0 aromatic rings. The highest BCUT2D eigenvalue weighted by Crippen LogP contribution is 2.37. The Hall–Kier alpha value is -1.01. The van der Waals surface area contributed by atoms with E-state index in [1.54, 1.807) is 0 Å². The van der Waals surface area contributed by atoms with E-state index in [1.807, 2.05) is 4.90 Å². The lowest BCUT2D eigenvalue weighted by Crippen LogP contribution is -2.64. The molecule has 1 aliphatic carbocycles. The summed E-state index contributed by atoms with van der Waals surface area (Å²) in [5, 5.41) is 0. The molecule has 3 fully saturated rings. The van der Waals surface area contributed by atoms with Gasteiger partial charge in [-0.15, -0.1) is 6.42 Å². The fraction of sp³-hybridized carbons (Fsp3) is 0.667. The Morgan fingerprint density at radius 2 is 2.00 bits per heavy atom. The van der Waals surface area contributed by atoms with Crippen LogP contribution in [0.5, 0.6) is 0 Å². The highest BCUT2D eigenvalue weighted by molar-refractivity contribution is 5.94. The van der Waals surface area contributed by atoms with Gasteiger partial charge in [0.25, 0.3) is 5.91 Å². The van der Waals surface area contributed by atoms with Crippen LogP contribution in [0.25, 0.3) is 0 Å². The number of hydrogen-bond donors (Lipinski definition) is 1. The summed E-state index contributed by atoms with van der Waals surface area (Å²) in [5.74, 6) is 1.99. The first-order chi connectivity index (χ1) is 5.72. The predicted molar refractivity (Wildman–Crippen MR) is 45.1 cm³/mol. The number of piperidine rings is 1. The third-order valence-electron chi connectivity index (χ3n) is 2.84. The molecule has 3 nitrogen and oxygen atoms in total. The lowest BCUT2D eigenvalue weighted by molar-refractivity contribution is -0.143. The Balaban J connectivity index is 2.06. The Bertz CT molecular complexity index is 244. The zero-order valence-electron chi connectivity index (χ0n) is 6.86. The van der Waals surface area contributed by atoms with Crippen LogP contribution in [0.15, 0.2) is 0 Å². The van der Waals surface area contributed by atoms with E-state index < -0.39 is 0 Å². The molecule has 2 bridgehead atoms. The first kappa shape index (κ1) is 7.63. The van der Waals surface area contributed by atoms with Crippen LogP contribution in [0.1, 0.15) is 19.3 Å². The molecule has 2 atom stereocenters. The van der Waals surface area contributed by atoms with Crippen molar-refractivity contribution in [1.82, 2.24) is 4.90 Å². The summed E-state index contributed by atoms with van der Waals surface area (Å²) in [7, 11) is 0. The fourth-order valence-electron chi connectivity index (χ4n) is 2.32. The SMILES string of the molecule is C#CC(=O)N1C2CC(N)CC1C2. The maximum atomic E-state index is 11.2. The first-order valence-corrected chi connectivity index (χ1v) is 4.27. The standard InChI is InChI=1S/C9H12N2O/c1-2-9(12)11-7-3-6(10)4-8(11)5-7/h1,6-8H,3-5,10H2. The topological polar surface area (TPSA) is 46.3 Å². The molecule has 3 aliphatic rings. The average Bonchev–Trinajstić information content (AvgIpc) is 2.03. The Morgan fingerprint density at radius 1 is 1.42 bits per heavy atom. The van der Waals surface area contributed by atoms with Gasteiger partial charge in [0.2, 0.25) is 0 Å². The summed E-state index contributed by atoms with van der Waals surface area (Å²) in [6, 6.07) is 0.945. The Kier molecular flexibility index (Phi) is 1.59. The normalized spacial score (nSPS) is 38.3. The minimum Gasteiger partial charge on any atom is -0.328 e. The number of amides is 1. The van der Waals surface area contributed by atoms with Crippen LogP contribution in [0, 0.1) is 12.3 Å². The van der Waals surface area contributed by atoms with Crippen molar-refractivity contribution in [2.24, 2.45) is 5.73 Å². The van der Waals surface area contributed by atoms with Crippen LogP contribution in [0.3, 0.4) is 0 Å². The molecular formula is C9H12N2O. The van der Waals surface area contributed by atoms with Gasteiger partial charge in [0.05, 0.1) is 0 Å². The molecule has 0 aromatic heterocycles. The number of hydrogen-bond acceptors (Lipinski definition) is 2. The second-order valence-electron chi connectivity index (χ2n) is 3.63. The van der Waals surface area contributed by atoms with Gasteiger partial charge in [-0.1, -0.05) is 0 Å². The molecule has 1 saturated carbocycles. The van der Waals surface area contributed by atoms with E-state index in [1.165, 1.54) is 0 Å². The van der Waals surface area contributed by atoms with E-state index in [-0.39, 0.29) is 11.9 Å². The van der Waals surface area contributed by atoms with E-state index in [9.17, 15) is 4.79 Å². The van der Waals surface area contributed by atoms with Crippen molar-refractivity contribution < 1.29 is 4.79 Å². The number of terminal acetylenes is 1. The summed E-state index contributed by atoms with van der Waals surface area (Å²) in [4.78, 5) is 13.0. The minimum absolute atomic E-state index is 0.164. The number of rotatable bonds is 0. The third-order valence-corrected chi connectivity index (χ3v) is 2.84. The second kappa shape index (κ2) is 2.49. The monoisotopic (exact) mass is 164 g/mol. The maximum absolute atomic E-state index is 11.2.